The number of hydrogen-bond donors (Lipinski definition) is 2. The van der Waals surface area contributed by atoms with Crippen molar-refractivity contribution in [2.45, 2.75) is 18.5 Å². The van der Waals surface area contributed by atoms with Crippen LogP contribution in [0.4, 0.5) is 10.5 Å². The number of imide groups is 1. The zero-order valence-electron chi connectivity index (χ0n) is 23.9. The van der Waals surface area contributed by atoms with Gasteiger partial charge in [0.15, 0.2) is 0 Å². The lowest BCUT2D eigenvalue weighted by Crippen LogP contribution is -2.44. The number of H-pyrrole nitrogens is 1. The van der Waals surface area contributed by atoms with Gasteiger partial charge in [0, 0.05) is 54.8 Å². The van der Waals surface area contributed by atoms with E-state index in [2.05, 4.69) is 15.2 Å². The van der Waals surface area contributed by atoms with Gasteiger partial charge in [-0.3, -0.25) is 19.4 Å². The molecule has 3 aliphatic heterocycles. The number of amides is 4. The van der Waals surface area contributed by atoms with Crippen LogP contribution in [0, 0.1) is 0 Å². The zero-order chi connectivity index (χ0) is 29.5. The van der Waals surface area contributed by atoms with Crippen molar-refractivity contribution in [2.24, 2.45) is 0 Å². The molecule has 0 saturated carbocycles. The summed E-state index contributed by atoms with van der Waals surface area (Å²) in [6, 6.07) is 20.7. The van der Waals surface area contributed by atoms with Crippen molar-refractivity contribution < 1.29 is 23.9 Å². The summed E-state index contributed by atoms with van der Waals surface area (Å²) >= 11 is 0. The van der Waals surface area contributed by atoms with E-state index >= 15 is 0 Å². The van der Waals surface area contributed by atoms with E-state index in [9.17, 15) is 14.4 Å². The van der Waals surface area contributed by atoms with E-state index in [4.69, 9.17) is 9.47 Å². The van der Waals surface area contributed by atoms with Crippen LogP contribution in [0.2, 0.25) is 0 Å². The predicted octanol–water partition coefficient (Wildman–Crippen LogP) is 3.72. The van der Waals surface area contributed by atoms with Crippen LogP contribution in [0.3, 0.4) is 0 Å². The quantitative estimate of drug-likeness (QED) is 0.323. The molecule has 4 aromatic rings. The van der Waals surface area contributed by atoms with E-state index in [1.54, 1.807) is 36.3 Å². The van der Waals surface area contributed by atoms with Gasteiger partial charge < -0.3 is 19.8 Å². The van der Waals surface area contributed by atoms with Gasteiger partial charge in [0.1, 0.15) is 17.8 Å². The number of fused-ring (bicyclic) bond motifs is 4. The number of rotatable bonds is 7. The van der Waals surface area contributed by atoms with E-state index in [1.165, 1.54) is 4.90 Å². The molecule has 10 nitrogen and oxygen atoms in total. The number of benzene rings is 3. The zero-order valence-corrected chi connectivity index (χ0v) is 23.9. The van der Waals surface area contributed by atoms with E-state index in [0.29, 0.717) is 43.2 Å². The van der Waals surface area contributed by atoms with Crippen LogP contribution in [0.5, 0.6) is 5.75 Å². The molecule has 43 heavy (non-hydrogen) atoms. The summed E-state index contributed by atoms with van der Waals surface area (Å²) in [5.74, 6) is 0.197. The smallest absolute Gasteiger partial charge is 0.332 e. The maximum Gasteiger partial charge on any atom is 0.332 e. The Balaban J connectivity index is 1.16. The molecule has 2 atom stereocenters. The highest BCUT2D eigenvalue weighted by molar-refractivity contribution is 6.22. The van der Waals surface area contributed by atoms with Gasteiger partial charge in [0.05, 0.1) is 26.0 Å². The molecule has 3 aromatic carbocycles. The van der Waals surface area contributed by atoms with E-state index < -0.39 is 18.1 Å². The molecule has 7 rings (SSSR count). The Hall–Kier alpha value is -4.67. The van der Waals surface area contributed by atoms with Crippen molar-refractivity contribution in [2.75, 3.05) is 51.4 Å². The molecule has 4 amide bonds. The highest BCUT2D eigenvalue weighted by atomic mass is 16.5. The molecule has 0 aliphatic carbocycles. The van der Waals surface area contributed by atoms with Crippen LogP contribution < -0.4 is 15.0 Å². The van der Waals surface area contributed by atoms with Gasteiger partial charge in [-0.25, -0.2) is 9.69 Å². The minimum Gasteiger partial charge on any atom is -0.497 e. The van der Waals surface area contributed by atoms with Crippen LogP contribution >= 0.6 is 0 Å². The summed E-state index contributed by atoms with van der Waals surface area (Å²) in [4.78, 5) is 49.6. The Morgan fingerprint density at radius 3 is 2.60 bits per heavy atom. The maximum absolute atomic E-state index is 14.1. The molecule has 4 heterocycles. The van der Waals surface area contributed by atoms with E-state index in [1.807, 2.05) is 48.5 Å². The number of carbonyl (C=O) groups excluding carboxylic acids is 3. The highest BCUT2D eigenvalue weighted by Gasteiger charge is 2.53. The fourth-order valence-electron chi connectivity index (χ4n) is 6.49. The molecule has 2 N–H and O–H groups in total. The summed E-state index contributed by atoms with van der Waals surface area (Å²) in [7, 11) is 1.61. The normalized spacial score (nSPS) is 20.3. The van der Waals surface area contributed by atoms with Crippen LogP contribution in [0.15, 0.2) is 72.8 Å². The number of hydrogen-bond acceptors (Lipinski definition) is 6. The summed E-state index contributed by atoms with van der Waals surface area (Å²) in [5, 5.41) is 4.01. The van der Waals surface area contributed by atoms with Gasteiger partial charge in [-0.1, -0.05) is 30.3 Å². The summed E-state index contributed by atoms with van der Waals surface area (Å²) in [6.07, 6.45) is 0.407. The van der Waals surface area contributed by atoms with Gasteiger partial charge >= 0.3 is 6.03 Å². The number of morpholine rings is 1. The minimum absolute atomic E-state index is 0.195. The number of urea groups is 1. The third kappa shape index (κ3) is 4.82. The first kappa shape index (κ1) is 27.2. The fraction of sp³-hybridized carbons (Fsp3) is 0.303. The number of carbonyl (C=O) groups is 3. The molecule has 1 aromatic heterocycles. The van der Waals surface area contributed by atoms with Crippen molar-refractivity contribution in [3.05, 3.63) is 95.2 Å². The SMILES string of the molecule is COc1cccc(C2c3[nH]c4ccccc4c3C[C@H]3C(=O)N(c4ccc(C(=O)NCCN5CCOCC5)cc4)C(=O)N23)c1. The average Bonchev–Trinajstić information content (AvgIpc) is 3.54. The van der Waals surface area contributed by atoms with Crippen molar-refractivity contribution >= 4 is 34.4 Å². The number of nitrogens with one attached hydrogen (secondary N) is 2. The number of aromatic amines is 1. The standard InChI is InChI=1S/C33H33N5O5/c1-42-24-6-4-5-22(19-24)30-29-26(25-7-2-3-8-27(25)35-29)20-28-32(40)37(33(41)38(28)30)23-11-9-21(10-12-23)31(39)34-13-14-36-15-17-43-18-16-36/h2-12,19,28,30,35H,13-18,20H2,1H3,(H,34,39)/t28-,30?/m0/s1. The lowest BCUT2D eigenvalue weighted by molar-refractivity contribution is -0.120. The van der Waals surface area contributed by atoms with E-state index in [-0.39, 0.29) is 11.8 Å². The number of methoxy groups -OCH3 is 1. The van der Waals surface area contributed by atoms with Crippen LogP contribution in [-0.2, 0) is 16.0 Å². The lowest BCUT2D eigenvalue weighted by Gasteiger charge is -2.36. The molecule has 0 bridgehead atoms. The average molecular weight is 580 g/mol. The third-order valence-electron chi connectivity index (χ3n) is 8.66. The van der Waals surface area contributed by atoms with Crippen LogP contribution in [-0.4, -0.2) is 85.2 Å². The molecular weight excluding hydrogens is 546 g/mol. The predicted molar refractivity (Wildman–Crippen MR) is 161 cm³/mol. The van der Waals surface area contributed by atoms with Gasteiger partial charge in [-0.05, 0) is 53.6 Å². The van der Waals surface area contributed by atoms with Crippen molar-refractivity contribution in [1.82, 2.24) is 20.1 Å². The first-order chi connectivity index (χ1) is 21.0. The Morgan fingerprint density at radius 2 is 1.81 bits per heavy atom. The van der Waals surface area contributed by atoms with Crippen molar-refractivity contribution in [3.63, 3.8) is 0 Å². The summed E-state index contributed by atoms with van der Waals surface area (Å²) in [6.45, 7) is 4.43. The Bertz CT molecular complexity index is 1690. The second-order valence-corrected chi connectivity index (χ2v) is 11.1. The highest BCUT2D eigenvalue weighted by Crippen LogP contribution is 2.45. The fourth-order valence-corrected chi connectivity index (χ4v) is 6.49. The first-order valence-corrected chi connectivity index (χ1v) is 14.6. The number of para-hydroxylation sites is 1. The third-order valence-corrected chi connectivity index (χ3v) is 8.66. The van der Waals surface area contributed by atoms with Crippen LogP contribution in [0.25, 0.3) is 10.9 Å². The van der Waals surface area contributed by atoms with Gasteiger partial charge in [0.2, 0.25) is 0 Å². The summed E-state index contributed by atoms with van der Waals surface area (Å²) < 4.78 is 10.9. The first-order valence-electron chi connectivity index (χ1n) is 14.6. The molecule has 1 unspecified atom stereocenters. The molecule has 0 spiro atoms. The molecule has 2 fully saturated rings. The van der Waals surface area contributed by atoms with Crippen molar-refractivity contribution in [1.29, 1.82) is 0 Å². The van der Waals surface area contributed by atoms with Crippen LogP contribution in [0.1, 0.15) is 33.2 Å². The molecule has 3 aliphatic rings. The number of aromatic nitrogens is 1. The largest absolute Gasteiger partial charge is 0.497 e. The topological polar surface area (TPSA) is 107 Å². The minimum atomic E-state index is -0.668. The second-order valence-electron chi connectivity index (χ2n) is 11.1. The second kappa shape index (κ2) is 11.2. The number of anilines is 1. The molecular formula is C33H33N5O5. The molecule has 0 radical (unpaired) electrons. The van der Waals surface area contributed by atoms with Crippen molar-refractivity contribution in [3.8, 4) is 5.75 Å². The van der Waals surface area contributed by atoms with Gasteiger partial charge in [-0.2, -0.15) is 0 Å². The lowest BCUT2D eigenvalue weighted by atomic mass is 9.89. The van der Waals surface area contributed by atoms with E-state index in [0.717, 1.165) is 47.4 Å². The molecule has 2 saturated heterocycles. The Labute approximate surface area is 249 Å². The Morgan fingerprint density at radius 1 is 1.02 bits per heavy atom. The number of ether oxygens (including phenoxy) is 2. The van der Waals surface area contributed by atoms with Gasteiger partial charge in [0.25, 0.3) is 11.8 Å². The summed E-state index contributed by atoms with van der Waals surface area (Å²) in [5.41, 5.74) is 4.67. The molecule has 220 valence electrons. The Kier molecular flexibility index (Phi) is 7.08. The van der Waals surface area contributed by atoms with Gasteiger partial charge in [-0.15, -0.1) is 0 Å². The monoisotopic (exact) mass is 579 g/mol. The maximum atomic E-state index is 14.1. The number of nitrogens with zero attached hydrogens (tertiary/aromatic N) is 3. The molecule has 10 heteroatoms.